The van der Waals surface area contributed by atoms with E-state index in [1.807, 2.05) is 0 Å². The minimum absolute atomic E-state index is 0.0203. The topological polar surface area (TPSA) is 179 Å². The predicted molar refractivity (Wildman–Crippen MR) is 136 cm³/mol. The number of aliphatic hydroxyl groups is 2. The fourth-order valence-corrected chi connectivity index (χ4v) is 7.29. The predicted octanol–water partition coefficient (Wildman–Crippen LogP) is 0.354. The third-order valence-electron chi connectivity index (χ3n) is 8.87. The van der Waals surface area contributed by atoms with Crippen LogP contribution in [0.15, 0.2) is 38.6 Å². The number of nitrogens with two attached hydrogens (primary N) is 1. The van der Waals surface area contributed by atoms with Crippen molar-refractivity contribution in [3.8, 4) is 16.9 Å². The zero-order valence-electron chi connectivity index (χ0n) is 21.0. The van der Waals surface area contributed by atoms with Gasteiger partial charge in [-0.05, 0) is 50.0 Å². The van der Waals surface area contributed by atoms with Crippen LogP contribution in [0.1, 0.15) is 17.5 Å². The van der Waals surface area contributed by atoms with Crippen molar-refractivity contribution in [3.63, 3.8) is 0 Å². The molecule has 5 atom stereocenters. The van der Waals surface area contributed by atoms with E-state index in [0.717, 1.165) is 0 Å². The molecule has 2 aromatic rings. The van der Waals surface area contributed by atoms with E-state index in [0.29, 0.717) is 17.5 Å². The van der Waals surface area contributed by atoms with Crippen LogP contribution in [0.3, 0.4) is 0 Å². The number of fused-ring (bicyclic) bond motifs is 2. The number of phenolic OH excluding ortho intramolecular Hbond substituents is 1. The number of aromatic hydroxyl groups is 1. The molecule has 4 aliphatic rings. The van der Waals surface area contributed by atoms with Gasteiger partial charge in [-0.2, -0.15) is 0 Å². The summed E-state index contributed by atoms with van der Waals surface area (Å²) in [4.78, 5) is 52.9. The standard InChI is InChI=1S/C27H27N3O8/c1-29-19-17(23(34)24(19)35)10-4-5-14(31)16-11(10)6-9-7-12-20(30(2)3)22(33)18(26(28)37)13-8-38-27(12,13)25(36)15(9)21(16)32/h4-5,9,12-13,20,29,31-33H,6-8H2,1-3H3,(H2,28,37)/t9-,12-,13?,20-,27+/m0/s1. The van der Waals surface area contributed by atoms with Gasteiger partial charge in [0.05, 0.1) is 41.0 Å². The van der Waals surface area contributed by atoms with Crippen molar-refractivity contribution in [2.24, 2.45) is 23.5 Å². The van der Waals surface area contributed by atoms with Gasteiger partial charge in [-0.1, -0.05) is 6.07 Å². The van der Waals surface area contributed by atoms with Crippen molar-refractivity contribution in [2.45, 2.75) is 24.5 Å². The lowest BCUT2D eigenvalue weighted by Gasteiger charge is -2.61. The molecule has 2 aromatic carbocycles. The molecule has 198 valence electrons. The van der Waals surface area contributed by atoms with Gasteiger partial charge in [0.15, 0.2) is 5.78 Å². The summed E-state index contributed by atoms with van der Waals surface area (Å²) in [5.74, 6) is -4.09. The number of rotatable bonds is 4. The molecule has 1 spiro atoms. The van der Waals surface area contributed by atoms with Crippen LogP contribution < -0.4 is 21.9 Å². The van der Waals surface area contributed by atoms with Crippen molar-refractivity contribution in [3.05, 3.63) is 60.6 Å². The molecule has 1 aliphatic heterocycles. The molecule has 11 nitrogen and oxygen atoms in total. The van der Waals surface area contributed by atoms with E-state index in [4.69, 9.17) is 10.5 Å². The van der Waals surface area contributed by atoms with Crippen LogP contribution in [-0.4, -0.2) is 71.3 Å². The summed E-state index contributed by atoms with van der Waals surface area (Å²) >= 11 is 0. The van der Waals surface area contributed by atoms with Crippen LogP contribution in [0.4, 0.5) is 5.69 Å². The number of ether oxygens (including phenoxy) is 1. The molecule has 0 bridgehead atoms. The highest BCUT2D eigenvalue weighted by Crippen LogP contribution is 2.60. The second-order valence-electron chi connectivity index (χ2n) is 10.7. The Morgan fingerprint density at radius 2 is 1.84 bits per heavy atom. The average Bonchev–Trinajstić information content (AvgIpc) is 2.83. The Balaban J connectivity index is 1.56. The summed E-state index contributed by atoms with van der Waals surface area (Å²) in [6.07, 6.45) is 0.497. The molecule has 1 amide bonds. The van der Waals surface area contributed by atoms with Gasteiger partial charge in [0.1, 0.15) is 22.9 Å². The number of carbonyl (C=O) groups is 2. The number of aliphatic hydroxyl groups excluding tert-OH is 2. The number of hydrogen-bond donors (Lipinski definition) is 5. The van der Waals surface area contributed by atoms with Crippen LogP contribution in [0, 0.1) is 17.8 Å². The third-order valence-corrected chi connectivity index (χ3v) is 8.87. The number of phenols is 1. The summed E-state index contributed by atoms with van der Waals surface area (Å²) in [7, 11) is 4.97. The Bertz CT molecular complexity index is 1590. The van der Waals surface area contributed by atoms with Crippen LogP contribution in [0.2, 0.25) is 0 Å². The van der Waals surface area contributed by atoms with E-state index >= 15 is 0 Å². The van der Waals surface area contributed by atoms with Crippen LogP contribution in [-0.2, 0) is 20.7 Å². The van der Waals surface area contributed by atoms with Gasteiger partial charge >= 0.3 is 0 Å². The lowest BCUT2D eigenvalue weighted by Crippen LogP contribution is -2.73. The zero-order valence-corrected chi connectivity index (χ0v) is 21.0. The zero-order chi connectivity index (χ0) is 27.4. The summed E-state index contributed by atoms with van der Waals surface area (Å²) in [6.45, 7) is 0.0203. The van der Waals surface area contributed by atoms with Crippen molar-refractivity contribution < 1.29 is 29.6 Å². The summed E-state index contributed by atoms with van der Waals surface area (Å²) in [5.41, 5.74) is 4.03. The Kier molecular flexibility index (Phi) is 4.99. The van der Waals surface area contributed by atoms with Gasteiger partial charge in [0.25, 0.3) is 0 Å². The number of nitrogens with one attached hydrogen (secondary N) is 1. The maximum atomic E-state index is 14.2. The SMILES string of the molecule is CNc1c(-c2ccc(O)c3c2C[C@H]2C[C@H]4[C@H](N(C)C)C(O)=C(C(N)=O)C5CO[C@@]54C(=O)C2=C3O)c(=O)c1=O. The molecule has 6 N–H and O–H groups in total. The van der Waals surface area contributed by atoms with E-state index in [2.05, 4.69) is 5.32 Å². The van der Waals surface area contributed by atoms with Crippen molar-refractivity contribution in [2.75, 3.05) is 33.1 Å². The summed E-state index contributed by atoms with van der Waals surface area (Å²) in [5, 5.41) is 36.1. The lowest BCUT2D eigenvalue weighted by molar-refractivity contribution is -0.235. The molecular weight excluding hydrogens is 494 g/mol. The number of primary amides is 1. The number of amides is 1. The van der Waals surface area contributed by atoms with Gasteiger partial charge in [-0.25, -0.2) is 0 Å². The van der Waals surface area contributed by atoms with Crippen LogP contribution >= 0.6 is 0 Å². The number of likely N-dealkylation sites (N-methyl/N-ethyl adjacent to an activating group) is 1. The molecule has 0 aromatic heterocycles. The summed E-state index contributed by atoms with van der Waals surface area (Å²) in [6, 6.07) is 2.10. The molecule has 2 fully saturated rings. The Morgan fingerprint density at radius 3 is 2.42 bits per heavy atom. The fourth-order valence-electron chi connectivity index (χ4n) is 7.29. The first-order valence-corrected chi connectivity index (χ1v) is 12.3. The molecule has 38 heavy (non-hydrogen) atoms. The van der Waals surface area contributed by atoms with Gasteiger partial charge in [-0.15, -0.1) is 0 Å². The molecule has 11 heteroatoms. The molecule has 3 aliphatic carbocycles. The first-order valence-electron chi connectivity index (χ1n) is 12.3. The first-order chi connectivity index (χ1) is 18.0. The highest BCUT2D eigenvalue weighted by atomic mass is 16.5. The Morgan fingerprint density at radius 1 is 1.13 bits per heavy atom. The van der Waals surface area contributed by atoms with Crippen molar-refractivity contribution >= 4 is 23.1 Å². The van der Waals surface area contributed by atoms with Crippen LogP contribution in [0.5, 0.6) is 5.75 Å². The van der Waals surface area contributed by atoms with Gasteiger partial charge in [0, 0.05) is 18.5 Å². The fraction of sp³-hybridized carbons (Fsp3) is 0.407. The van der Waals surface area contributed by atoms with Crippen LogP contribution in [0.25, 0.3) is 16.9 Å². The van der Waals surface area contributed by atoms with Gasteiger partial charge in [0.2, 0.25) is 16.8 Å². The van der Waals surface area contributed by atoms with Gasteiger partial charge in [-0.3, -0.25) is 24.1 Å². The minimum atomic E-state index is -1.49. The summed E-state index contributed by atoms with van der Waals surface area (Å²) < 4.78 is 5.97. The van der Waals surface area contributed by atoms with E-state index in [-0.39, 0.29) is 52.5 Å². The lowest BCUT2D eigenvalue weighted by atomic mass is 9.52. The number of anilines is 1. The van der Waals surface area contributed by atoms with E-state index in [1.54, 1.807) is 19.0 Å². The molecule has 0 radical (unpaired) electrons. The van der Waals surface area contributed by atoms with Crippen molar-refractivity contribution in [1.29, 1.82) is 0 Å². The second-order valence-corrected chi connectivity index (χ2v) is 10.7. The monoisotopic (exact) mass is 521 g/mol. The Hall–Kier alpha value is -3.96. The molecule has 6 rings (SSSR count). The number of Topliss-reactive ketones (excluding diaryl/α,β-unsaturated/α-hetero) is 1. The third kappa shape index (κ3) is 2.69. The number of hydrogen-bond acceptors (Lipinski definition) is 10. The molecule has 1 saturated heterocycles. The van der Waals surface area contributed by atoms with E-state index in [1.165, 1.54) is 19.2 Å². The molecule has 1 saturated carbocycles. The first kappa shape index (κ1) is 24.4. The van der Waals surface area contributed by atoms with E-state index < -0.39 is 57.7 Å². The van der Waals surface area contributed by atoms with Gasteiger partial charge < -0.3 is 31.1 Å². The highest BCUT2D eigenvalue weighted by molar-refractivity contribution is 6.12. The van der Waals surface area contributed by atoms with E-state index in [9.17, 15) is 34.5 Å². The maximum absolute atomic E-state index is 14.2. The molecular formula is C27H27N3O8. The quantitative estimate of drug-likeness (QED) is 0.353. The smallest absolute Gasteiger partial charge is 0.250 e. The second kappa shape index (κ2) is 7.78. The number of nitrogens with zero attached hydrogens (tertiary/aromatic N) is 1. The normalized spacial score (nSPS) is 29.9. The number of benzene rings is 1. The molecule has 1 unspecified atom stereocenters. The number of ketones is 1. The minimum Gasteiger partial charge on any atom is -0.510 e. The maximum Gasteiger partial charge on any atom is 0.250 e. The largest absolute Gasteiger partial charge is 0.510 e. The molecule has 1 heterocycles. The average molecular weight is 522 g/mol. The number of carbonyl (C=O) groups excluding carboxylic acids is 2. The van der Waals surface area contributed by atoms with Crippen molar-refractivity contribution in [1.82, 2.24) is 4.90 Å². The highest BCUT2D eigenvalue weighted by Gasteiger charge is 2.70. The Labute approximate surface area is 216 Å².